The summed E-state index contributed by atoms with van der Waals surface area (Å²) in [6.07, 6.45) is 5.57. The molecule has 4 rings (SSSR count). The van der Waals surface area contributed by atoms with Gasteiger partial charge >= 0.3 is 0 Å². The molecule has 1 aromatic heterocycles. The molecule has 2 aliphatic rings. The van der Waals surface area contributed by atoms with Crippen LogP contribution in [0.3, 0.4) is 0 Å². The molecule has 7 nitrogen and oxygen atoms in total. The van der Waals surface area contributed by atoms with Crippen LogP contribution in [0, 0.1) is 0 Å². The number of aromatic nitrogens is 3. The normalized spacial score (nSPS) is 19.3. The summed E-state index contributed by atoms with van der Waals surface area (Å²) in [5.74, 6) is 0.0953. The highest BCUT2D eigenvalue weighted by Gasteiger charge is 2.27. The standard InChI is InChI=1S/C19H25N5O2/c25-18(23-13-11-22(12-14-23)15-5-1-2-6-15)9-10-24-19(26)16-7-3-4-8-17(16)20-21-24/h3-4,7-8,15H,1-2,5-6,9-14H2. The molecule has 0 N–H and O–H groups in total. The summed E-state index contributed by atoms with van der Waals surface area (Å²) < 4.78 is 1.30. The van der Waals surface area contributed by atoms with E-state index in [0.29, 0.717) is 10.9 Å². The molecule has 1 amide bonds. The number of nitrogens with zero attached hydrogens (tertiary/aromatic N) is 5. The zero-order chi connectivity index (χ0) is 17.9. The van der Waals surface area contributed by atoms with Crippen molar-refractivity contribution in [1.82, 2.24) is 24.8 Å². The maximum atomic E-state index is 12.5. The first-order chi connectivity index (χ1) is 12.7. The van der Waals surface area contributed by atoms with E-state index in [1.807, 2.05) is 17.0 Å². The van der Waals surface area contributed by atoms with E-state index >= 15 is 0 Å². The lowest BCUT2D eigenvalue weighted by molar-refractivity contribution is -0.133. The Hall–Kier alpha value is -2.28. The Labute approximate surface area is 152 Å². The number of hydrogen-bond donors (Lipinski definition) is 0. The largest absolute Gasteiger partial charge is 0.340 e. The van der Waals surface area contributed by atoms with Gasteiger partial charge in [-0.1, -0.05) is 30.2 Å². The number of carbonyl (C=O) groups is 1. The number of aryl methyl sites for hydroxylation is 1. The third-order valence-electron chi connectivity index (χ3n) is 5.67. The van der Waals surface area contributed by atoms with E-state index in [2.05, 4.69) is 15.2 Å². The minimum absolute atomic E-state index is 0.0953. The third kappa shape index (κ3) is 3.49. The summed E-state index contributed by atoms with van der Waals surface area (Å²) in [6.45, 7) is 3.78. The van der Waals surface area contributed by atoms with Crippen LogP contribution in [0.4, 0.5) is 0 Å². The van der Waals surface area contributed by atoms with Crippen molar-refractivity contribution in [2.45, 2.75) is 44.7 Å². The van der Waals surface area contributed by atoms with Gasteiger partial charge in [-0.3, -0.25) is 14.5 Å². The molecule has 1 aromatic carbocycles. The van der Waals surface area contributed by atoms with Gasteiger partial charge in [0.15, 0.2) is 0 Å². The van der Waals surface area contributed by atoms with Crippen LogP contribution in [0.15, 0.2) is 29.1 Å². The molecule has 2 aromatic rings. The molecular formula is C19H25N5O2. The Balaban J connectivity index is 1.33. The second-order valence-electron chi connectivity index (χ2n) is 7.24. The van der Waals surface area contributed by atoms with Gasteiger partial charge in [-0.25, -0.2) is 4.68 Å². The van der Waals surface area contributed by atoms with Crippen molar-refractivity contribution in [2.24, 2.45) is 0 Å². The first kappa shape index (κ1) is 17.1. The highest BCUT2D eigenvalue weighted by molar-refractivity contribution is 5.77. The lowest BCUT2D eigenvalue weighted by Crippen LogP contribution is -2.51. The topological polar surface area (TPSA) is 71.3 Å². The second-order valence-corrected chi connectivity index (χ2v) is 7.24. The van der Waals surface area contributed by atoms with Gasteiger partial charge in [0.05, 0.1) is 11.9 Å². The maximum Gasteiger partial charge on any atom is 0.277 e. The molecule has 0 radical (unpaired) electrons. The lowest BCUT2D eigenvalue weighted by atomic mass is 10.1. The molecule has 1 saturated heterocycles. The predicted octanol–water partition coefficient (Wildman–Crippen LogP) is 1.27. The quantitative estimate of drug-likeness (QED) is 0.826. The highest BCUT2D eigenvalue weighted by Crippen LogP contribution is 2.24. The van der Waals surface area contributed by atoms with Gasteiger partial charge in [-0.2, -0.15) is 0 Å². The molecule has 26 heavy (non-hydrogen) atoms. The van der Waals surface area contributed by atoms with Gasteiger partial charge in [-0.15, -0.1) is 5.10 Å². The Morgan fingerprint density at radius 1 is 1.08 bits per heavy atom. The Morgan fingerprint density at radius 3 is 2.58 bits per heavy atom. The third-order valence-corrected chi connectivity index (χ3v) is 5.67. The Bertz CT molecular complexity index is 835. The molecule has 0 unspecified atom stereocenters. The summed E-state index contributed by atoms with van der Waals surface area (Å²) in [6, 6.07) is 7.87. The number of piperazine rings is 1. The molecule has 138 valence electrons. The molecule has 0 spiro atoms. The number of rotatable bonds is 4. The van der Waals surface area contributed by atoms with Gasteiger partial charge < -0.3 is 4.90 Å². The van der Waals surface area contributed by atoms with Crippen LogP contribution in [0.2, 0.25) is 0 Å². The van der Waals surface area contributed by atoms with E-state index < -0.39 is 0 Å². The molecular weight excluding hydrogens is 330 g/mol. The second kappa shape index (κ2) is 7.53. The van der Waals surface area contributed by atoms with Crippen LogP contribution >= 0.6 is 0 Å². The molecule has 1 aliphatic carbocycles. The van der Waals surface area contributed by atoms with E-state index in [9.17, 15) is 9.59 Å². The van der Waals surface area contributed by atoms with Gasteiger partial charge in [0.25, 0.3) is 5.56 Å². The van der Waals surface area contributed by atoms with E-state index in [0.717, 1.165) is 32.2 Å². The number of benzene rings is 1. The fraction of sp³-hybridized carbons (Fsp3) is 0.579. The van der Waals surface area contributed by atoms with Crippen molar-refractivity contribution in [3.63, 3.8) is 0 Å². The molecule has 1 aliphatic heterocycles. The molecule has 2 fully saturated rings. The lowest BCUT2D eigenvalue weighted by Gasteiger charge is -2.38. The van der Waals surface area contributed by atoms with Crippen LogP contribution < -0.4 is 5.56 Å². The maximum absolute atomic E-state index is 12.5. The van der Waals surface area contributed by atoms with Crippen LogP contribution in [0.5, 0.6) is 0 Å². The molecule has 7 heteroatoms. The van der Waals surface area contributed by atoms with E-state index in [1.54, 1.807) is 12.1 Å². The van der Waals surface area contributed by atoms with Gasteiger partial charge in [0.2, 0.25) is 5.91 Å². The average molecular weight is 355 g/mol. The van der Waals surface area contributed by atoms with Crippen molar-refractivity contribution in [3.05, 3.63) is 34.6 Å². The first-order valence-electron chi connectivity index (χ1n) is 9.57. The summed E-state index contributed by atoms with van der Waals surface area (Å²) in [5, 5.41) is 8.57. The zero-order valence-corrected chi connectivity index (χ0v) is 15.0. The molecule has 1 saturated carbocycles. The summed E-state index contributed by atoms with van der Waals surface area (Å²) in [4.78, 5) is 29.4. The monoisotopic (exact) mass is 355 g/mol. The summed E-state index contributed by atoms with van der Waals surface area (Å²) >= 11 is 0. The van der Waals surface area contributed by atoms with Crippen LogP contribution in [-0.4, -0.2) is 62.9 Å². The zero-order valence-electron chi connectivity index (χ0n) is 15.0. The van der Waals surface area contributed by atoms with Gasteiger partial charge in [0, 0.05) is 38.6 Å². The van der Waals surface area contributed by atoms with Crippen molar-refractivity contribution in [2.75, 3.05) is 26.2 Å². The minimum atomic E-state index is -0.186. The van der Waals surface area contributed by atoms with Crippen LogP contribution in [0.1, 0.15) is 32.1 Å². The Kier molecular flexibility index (Phi) is 4.97. The summed E-state index contributed by atoms with van der Waals surface area (Å²) in [7, 11) is 0. The molecule has 0 atom stereocenters. The van der Waals surface area contributed by atoms with Crippen molar-refractivity contribution in [3.8, 4) is 0 Å². The van der Waals surface area contributed by atoms with E-state index in [4.69, 9.17) is 0 Å². The van der Waals surface area contributed by atoms with Crippen molar-refractivity contribution >= 4 is 16.8 Å². The smallest absolute Gasteiger partial charge is 0.277 e. The molecule has 0 bridgehead atoms. The SMILES string of the molecule is O=C(CCn1nnc2ccccc2c1=O)N1CCN(C2CCCC2)CC1. The van der Waals surface area contributed by atoms with E-state index in [-0.39, 0.29) is 24.4 Å². The number of fused-ring (bicyclic) bond motifs is 1. The predicted molar refractivity (Wildman–Crippen MR) is 98.8 cm³/mol. The van der Waals surface area contributed by atoms with Gasteiger partial charge in [-0.05, 0) is 25.0 Å². The van der Waals surface area contributed by atoms with Crippen LogP contribution in [0.25, 0.3) is 10.9 Å². The Morgan fingerprint density at radius 2 is 1.81 bits per heavy atom. The average Bonchev–Trinajstić information content (AvgIpc) is 3.22. The van der Waals surface area contributed by atoms with Crippen LogP contribution in [-0.2, 0) is 11.3 Å². The first-order valence-corrected chi connectivity index (χ1v) is 9.57. The fourth-order valence-electron chi connectivity index (χ4n) is 4.14. The number of amides is 1. The number of hydrogen-bond acceptors (Lipinski definition) is 5. The molecule has 2 heterocycles. The minimum Gasteiger partial charge on any atom is -0.340 e. The van der Waals surface area contributed by atoms with E-state index in [1.165, 1.54) is 30.4 Å². The number of carbonyl (C=O) groups excluding carboxylic acids is 1. The fourth-order valence-corrected chi connectivity index (χ4v) is 4.14. The highest BCUT2D eigenvalue weighted by atomic mass is 16.2. The summed E-state index contributed by atoms with van der Waals surface area (Å²) in [5.41, 5.74) is 0.401. The van der Waals surface area contributed by atoms with Gasteiger partial charge in [0.1, 0.15) is 5.52 Å². The van der Waals surface area contributed by atoms with Crippen molar-refractivity contribution in [1.29, 1.82) is 0 Å². The van der Waals surface area contributed by atoms with Crippen molar-refractivity contribution < 1.29 is 4.79 Å².